The van der Waals surface area contributed by atoms with Gasteiger partial charge >= 0.3 is 0 Å². The van der Waals surface area contributed by atoms with Crippen molar-refractivity contribution in [2.24, 2.45) is 0 Å². The van der Waals surface area contributed by atoms with Crippen molar-refractivity contribution in [2.45, 2.75) is 47.1 Å². The number of carbonyl (C=O) groups is 1. The summed E-state index contributed by atoms with van der Waals surface area (Å²) in [5.74, 6) is 0.244. The summed E-state index contributed by atoms with van der Waals surface area (Å²) in [5.41, 5.74) is 2.46. The van der Waals surface area contributed by atoms with Crippen LogP contribution in [0, 0.1) is 0 Å². The zero-order valence-corrected chi connectivity index (χ0v) is 11.9. The summed E-state index contributed by atoms with van der Waals surface area (Å²) in [5, 5.41) is 0. The summed E-state index contributed by atoms with van der Waals surface area (Å²) in [6, 6.07) is 8.16. The number of rotatable bonds is 0. The van der Waals surface area contributed by atoms with Gasteiger partial charge in [-0.3, -0.25) is 4.79 Å². The molecule has 1 unspecified atom stereocenters. The first-order chi connectivity index (χ1) is 8.20. The SMILES string of the molecule is CC.CC.CC1C(=O)N(C)Cc2ccccc21. The van der Waals surface area contributed by atoms with E-state index < -0.39 is 0 Å². The summed E-state index contributed by atoms with van der Waals surface area (Å²) in [6.07, 6.45) is 0. The van der Waals surface area contributed by atoms with E-state index in [1.165, 1.54) is 11.1 Å². The van der Waals surface area contributed by atoms with Crippen LogP contribution >= 0.6 is 0 Å². The number of benzene rings is 1. The number of hydrogen-bond donors (Lipinski definition) is 0. The molecule has 17 heavy (non-hydrogen) atoms. The lowest BCUT2D eigenvalue weighted by atomic mass is 9.91. The first-order valence-corrected chi connectivity index (χ1v) is 6.53. The Morgan fingerprint density at radius 3 is 2.24 bits per heavy atom. The largest absolute Gasteiger partial charge is 0.341 e. The van der Waals surface area contributed by atoms with Crippen molar-refractivity contribution in [3.05, 3.63) is 35.4 Å². The van der Waals surface area contributed by atoms with Gasteiger partial charge in [-0.1, -0.05) is 52.0 Å². The Hall–Kier alpha value is -1.31. The van der Waals surface area contributed by atoms with Gasteiger partial charge in [0.05, 0.1) is 5.92 Å². The second-order valence-electron chi connectivity index (χ2n) is 3.61. The average molecular weight is 235 g/mol. The standard InChI is InChI=1S/C11H13NO.2C2H6/c1-8-10-6-4-3-5-9(10)7-12(2)11(8)13;2*1-2/h3-6,8H,7H2,1-2H3;2*1-2H3. The van der Waals surface area contributed by atoms with Gasteiger partial charge in [0, 0.05) is 13.6 Å². The van der Waals surface area contributed by atoms with Crippen LogP contribution in [-0.2, 0) is 11.3 Å². The molecule has 0 aromatic heterocycles. The van der Waals surface area contributed by atoms with Crippen molar-refractivity contribution >= 4 is 5.91 Å². The van der Waals surface area contributed by atoms with Gasteiger partial charge in [0.2, 0.25) is 5.91 Å². The van der Waals surface area contributed by atoms with E-state index in [0.717, 1.165) is 6.54 Å². The quantitative estimate of drug-likeness (QED) is 0.669. The lowest BCUT2D eigenvalue weighted by Crippen LogP contribution is -2.35. The van der Waals surface area contributed by atoms with Crippen LogP contribution in [0.5, 0.6) is 0 Å². The zero-order valence-electron chi connectivity index (χ0n) is 11.9. The van der Waals surface area contributed by atoms with Crippen molar-refractivity contribution < 1.29 is 4.79 Å². The fourth-order valence-electron chi connectivity index (χ4n) is 1.90. The predicted molar refractivity (Wildman–Crippen MR) is 74.0 cm³/mol. The Bertz CT molecular complexity index is 347. The molecule has 0 saturated carbocycles. The van der Waals surface area contributed by atoms with Crippen LogP contribution < -0.4 is 0 Å². The molecule has 2 nitrogen and oxygen atoms in total. The molecule has 0 aliphatic carbocycles. The third-order valence-electron chi connectivity index (χ3n) is 2.68. The Morgan fingerprint density at radius 2 is 1.65 bits per heavy atom. The van der Waals surface area contributed by atoms with E-state index >= 15 is 0 Å². The molecule has 0 N–H and O–H groups in total. The molecule has 2 heteroatoms. The number of hydrogen-bond acceptors (Lipinski definition) is 1. The van der Waals surface area contributed by atoms with E-state index in [1.54, 1.807) is 4.90 Å². The van der Waals surface area contributed by atoms with E-state index in [9.17, 15) is 4.79 Å². The first kappa shape index (κ1) is 15.7. The van der Waals surface area contributed by atoms with Crippen LogP contribution in [0.25, 0.3) is 0 Å². The smallest absolute Gasteiger partial charge is 0.229 e. The Balaban J connectivity index is 0.000000581. The lowest BCUT2D eigenvalue weighted by molar-refractivity contribution is -0.132. The van der Waals surface area contributed by atoms with Gasteiger partial charge in [-0.25, -0.2) is 0 Å². The van der Waals surface area contributed by atoms with Crippen molar-refractivity contribution in [1.82, 2.24) is 4.90 Å². The van der Waals surface area contributed by atoms with Gasteiger partial charge in [0.1, 0.15) is 0 Å². The summed E-state index contributed by atoms with van der Waals surface area (Å²) < 4.78 is 0. The maximum Gasteiger partial charge on any atom is 0.229 e. The van der Waals surface area contributed by atoms with Crippen molar-refractivity contribution in [3.63, 3.8) is 0 Å². The van der Waals surface area contributed by atoms with Crippen molar-refractivity contribution in [2.75, 3.05) is 7.05 Å². The summed E-state index contributed by atoms with van der Waals surface area (Å²) >= 11 is 0. The van der Waals surface area contributed by atoms with Gasteiger partial charge < -0.3 is 4.90 Å². The maximum absolute atomic E-state index is 11.6. The highest BCUT2D eigenvalue weighted by Crippen LogP contribution is 2.27. The van der Waals surface area contributed by atoms with Crippen LogP contribution in [0.3, 0.4) is 0 Å². The third kappa shape index (κ3) is 3.58. The van der Waals surface area contributed by atoms with Crippen molar-refractivity contribution in [3.8, 4) is 0 Å². The molecule has 0 fully saturated rings. The molecule has 0 spiro atoms. The van der Waals surface area contributed by atoms with Gasteiger partial charge in [-0.05, 0) is 18.1 Å². The topological polar surface area (TPSA) is 20.3 Å². The molecular formula is C15H25NO. The van der Waals surface area contributed by atoms with Gasteiger partial charge in [-0.2, -0.15) is 0 Å². The fraction of sp³-hybridized carbons (Fsp3) is 0.533. The molecule has 1 heterocycles. The number of amides is 1. The lowest BCUT2D eigenvalue weighted by Gasteiger charge is -2.29. The summed E-state index contributed by atoms with van der Waals surface area (Å²) in [4.78, 5) is 13.4. The summed E-state index contributed by atoms with van der Waals surface area (Å²) in [6.45, 7) is 10.7. The molecule has 2 rings (SSSR count). The molecule has 1 aliphatic rings. The molecule has 1 aliphatic heterocycles. The minimum atomic E-state index is 0.0231. The highest BCUT2D eigenvalue weighted by Gasteiger charge is 2.26. The van der Waals surface area contributed by atoms with Crippen LogP contribution in [0.15, 0.2) is 24.3 Å². The average Bonchev–Trinajstić information content (AvgIpc) is 2.41. The number of carbonyl (C=O) groups excluding carboxylic acids is 1. The molecule has 0 radical (unpaired) electrons. The predicted octanol–water partition coefficient (Wildman–Crippen LogP) is 3.81. The highest BCUT2D eigenvalue weighted by atomic mass is 16.2. The van der Waals surface area contributed by atoms with Gasteiger partial charge in [-0.15, -0.1) is 0 Å². The molecule has 1 aromatic rings. The van der Waals surface area contributed by atoms with Crippen molar-refractivity contribution in [1.29, 1.82) is 0 Å². The van der Waals surface area contributed by atoms with E-state index in [0.29, 0.717) is 0 Å². The summed E-state index contributed by atoms with van der Waals surface area (Å²) in [7, 11) is 1.86. The Kier molecular flexibility index (Phi) is 7.27. The Morgan fingerprint density at radius 1 is 1.12 bits per heavy atom. The van der Waals surface area contributed by atoms with E-state index in [4.69, 9.17) is 0 Å². The molecule has 1 aromatic carbocycles. The van der Waals surface area contributed by atoms with Crippen LogP contribution in [0.2, 0.25) is 0 Å². The first-order valence-electron chi connectivity index (χ1n) is 6.53. The zero-order chi connectivity index (χ0) is 13.4. The van der Waals surface area contributed by atoms with Crippen LogP contribution in [-0.4, -0.2) is 17.9 Å². The number of likely N-dealkylation sites (N-methyl/N-ethyl adjacent to an activating group) is 1. The molecule has 0 saturated heterocycles. The third-order valence-corrected chi connectivity index (χ3v) is 2.68. The van der Waals surface area contributed by atoms with E-state index in [2.05, 4.69) is 6.07 Å². The number of nitrogens with zero attached hydrogens (tertiary/aromatic N) is 1. The Labute approximate surface area is 106 Å². The second kappa shape index (κ2) is 7.88. The second-order valence-corrected chi connectivity index (χ2v) is 3.61. The van der Waals surface area contributed by atoms with Crippen LogP contribution in [0.4, 0.5) is 0 Å². The van der Waals surface area contributed by atoms with Gasteiger partial charge in [0.15, 0.2) is 0 Å². The molecule has 1 amide bonds. The van der Waals surface area contributed by atoms with Crippen LogP contribution in [0.1, 0.15) is 51.7 Å². The minimum Gasteiger partial charge on any atom is -0.341 e. The highest BCUT2D eigenvalue weighted by molar-refractivity contribution is 5.85. The fourth-order valence-corrected chi connectivity index (χ4v) is 1.90. The normalized spacial score (nSPS) is 17.2. The molecular weight excluding hydrogens is 210 g/mol. The molecule has 96 valence electrons. The van der Waals surface area contributed by atoms with E-state index in [-0.39, 0.29) is 11.8 Å². The van der Waals surface area contributed by atoms with E-state index in [1.807, 2.05) is 59.9 Å². The molecule has 0 bridgehead atoms. The minimum absolute atomic E-state index is 0.0231. The maximum atomic E-state index is 11.6. The monoisotopic (exact) mass is 235 g/mol. The molecule has 1 atom stereocenters. The number of fused-ring (bicyclic) bond motifs is 1. The van der Waals surface area contributed by atoms with Gasteiger partial charge in [0.25, 0.3) is 0 Å².